The minimum Gasteiger partial charge on any atom is -0.339 e. The molecule has 0 aliphatic heterocycles. The third-order valence-corrected chi connectivity index (χ3v) is 2.68. The first kappa shape index (κ1) is 9.84. The first-order valence-electron chi connectivity index (χ1n) is 5.38. The Labute approximate surface area is 97.7 Å². The number of carbonyl (C=O) groups excluding carboxylic acids is 1. The zero-order valence-electron chi connectivity index (χ0n) is 9.32. The zero-order chi connectivity index (χ0) is 11.8. The number of benzene rings is 1. The number of carbonyl (C=O) groups is 1. The molecule has 2 N–H and O–H groups in total. The van der Waals surface area contributed by atoms with Gasteiger partial charge < -0.3 is 10.3 Å². The molecule has 0 aliphatic carbocycles. The highest BCUT2D eigenvalue weighted by Gasteiger charge is 2.05. The number of hydrogen-bond acceptors (Lipinski definition) is 2. The second kappa shape index (κ2) is 3.59. The minimum atomic E-state index is -0.0917. The van der Waals surface area contributed by atoms with Gasteiger partial charge in [-0.05, 0) is 12.1 Å². The summed E-state index contributed by atoms with van der Waals surface area (Å²) in [5.74, 6) is -0.0917. The van der Waals surface area contributed by atoms with Crippen LogP contribution in [0.1, 0.15) is 6.92 Å². The lowest BCUT2D eigenvalue weighted by atomic mass is 10.2. The molecular formula is C13H11N3O. The number of aromatic amines is 1. The van der Waals surface area contributed by atoms with Crippen molar-refractivity contribution in [1.82, 2.24) is 9.97 Å². The van der Waals surface area contributed by atoms with E-state index in [1.165, 1.54) is 6.92 Å². The number of nitrogens with one attached hydrogen (secondary N) is 2. The molecule has 0 saturated heterocycles. The Kier molecular flexibility index (Phi) is 2.08. The van der Waals surface area contributed by atoms with Crippen molar-refractivity contribution in [1.29, 1.82) is 0 Å². The highest BCUT2D eigenvalue weighted by molar-refractivity contribution is 6.07. The largest absolute Gasteiger partial charge is 0.339 e. The van der Waals surface area contributed by atoms with E-state index in [1.54, 1.807) is 6.20 Å². The predicted octanol–water partition coefficient (Wildman–Crippen LogP) is 2.67. The molecular weight excluding hydrogens is 214 g/mol. The highest BCUT2D eigenvalue weighted by atomic mass is 16.1. The Hall–Kier alpha value is -2.36. The summed E-state index contributed by atoms with van der Waals surface area (Å²) in [6, 6.07) is 9.94. The van der Waals surface area contributed by atoms with E-state index in [-0.39, 0.29) is 5.91 Å². The van der Waals surface area contributed by atoms with Gasteiger partial charge in [0.1, 0.15) is 5.65 Å². The van der Waals surface area contributed by atoms with Crippen LogP contribution >= 0.6 is 0 Å². The van der Waals surface area contributed by atoms with Gasteiger partial charge in [-0.2, -0.15) is 0 Å². The molecule has 2 heterocycles. The molecule has 4 heteroatoms. The predicted molar refractivity (Wildman–Crippen MR) is 67.9 cm³/mol. The molecule has 0 saturated carbocycles. The number of para-hydroxylation sites is 1. The molecule has 1 aromatic carbocycles. The Balaban J connectivity index is 2.26. The van der Waals surface area contributed by atoms with E-state index in [0.717, 1.165) is 27.6 Å². The van der Waals surface area contributed by atoms with Crippen molar-refractivity contribution < 1.29 is 4.79 Å². The molecule has 0 bridgehead atoms. The van der Waals surface area contributed by atoms with Crippen molar-refractivity contribution in [2.45, 2.75) is 6.92 Å². The smallest absolute Gasteiger partial charge is 0.221 e. The van der Waals surface area contributed by atoms with E-state index >= 15 is 0 Å². The first-order chi connectivity index (χ1) is 8.24. The maximum atomic E-state index is 11.0. The number of aromatic nitrogens is 2. The highest BCUT2D eigenvalue weighted by Crippen LogP contribution is 2.25. The minimum absolute atomic E-state index is 0.0917. The number of rotatable bonds is 1. The lowest BCUT2D eigenvalue weighted by Crippen LogP contribution is -2.05. The van der Waals surface area contributed by atoms with E-state index in [4.69, 9.17) is 0 Å². The molecule has 0 aliphatic rings. The number of pyridine rings is 1. The van der Waals surface area contributed by atoms with Gasteiger partial charge in [-0.1, -0.05) is 18.2 Å². The summed E-state index contributed by atoms with van der Waals surface area (Å²) in [5.41, 5.74) is 2.60. The Morgan fingerprint density at radius 3 is 2.94 bits per heavy atom. The normalized spacial score (nSPS) is 10.9. The molecule has 17 heavy (non-hydrogen) atoms. The summed E-state index contributed by atoms with van der Waals surface area (Å²) in [7, 11) is 0. The summed E-state index contributed by atoms with van der Waals surface area (Å²) in [4.78, 5) is 18.5. The van der Waals surface area contributed by atoms with Gasteiger partial charge in [0.05, 0.1) is 11.9 Å². The van der Waals surface area contributed by atoms with Crippen LogP contribution in [0.2, 0.25) is 0 Å². The molecule has 3 rings (SSSR count). The van der Waals surface area contributed by atoms with Gasteiger partial charge in [0, 0.05) is 23.2 Å². The number of fused-ring (bicyclic) bond motifs is 3. The van der Waals surface area contributed by atoms with Gasteiger partial charge in [-0.3, -0.25) is 4.79 Å². The van der Waals surface area contributed by atoms with Crippen LogP contribution in [0.15, 0.2) is 36.5 Å². The van der Waals surface area contributed by atoms with Crippen molar-refractivity contribution >= 4 is 33.5 Å². The fraction of sp³-hybridized carbons (Fsp3) is 0.0769. The molecule has 1 amide bonds. The number of H-pyrrole nitrogens is 1. The molecule has 0 fully saturated rings. The lowest BCUT2D eigenvalue weighted by molar-refractivity contribution is -0.114. The zero-order valence-corrected chi connectivity index (χ0v) is 9.32. The first-order valence-corrected chi connectivity index (χ1v) is 5.38. The summed E-state index contributed by atoms with van der Waals surface area (Å²) < 4.78 is 0. The number of amides is 1. The molecule has 2 aromatic heterocycles. The van der Waals surface area contributed by atoms with E-state index in [2.05, 4.69) is 15.3 Å². The average molecular weight is 225 g/mol. The molecule has 0 spiro atoms. The maximum Gasteiger partial charge on any atom is 0.221 e. The summed E-state index contributed by atoms with van der Waals surface area (Å²) in [5, 5.41) is 4.87. The topological polar surface area (TPSA) is 57.8 Å². The second-order valence-corrected chi connectivity index (χ2v) is 3.97. The number of anilines is 1. The van der Waals surface area contributed by atoms with E-state index in [0.29, 0.717) is 0 Å². The van der Waals surface area contributed by atoms with Crippen LogP contribution in [-0.4, -0.2) is 15.9 Å². The van der Waals surface area contributed by atoms with Crippen LogP contribution in [0.25, 0.3) is 21.9 Å². The van der Waals surface area contributed by atoms with Gasteiger partial charge in [0.15, 0.2) is 0 Å². The van der Waals surface area contributed by atoms with E-state index in [1.807, 2.05) is 30.3 Å². The Morgan fingerprint density at radius 2 is 2.12 bits per heavy atom. The summed E-state index contributed by atoms with van der Waals surface area (Å²) in [6.07, 6.45) is 1.65. The summed E-state index contributed by atoms with van der Waals surface area (Å²) in [6.45, 7) is 1.49. The maximum absolute atomic E-state index is 11.0. The molecule has 0 unspecified atom stereocenters. The van der Waals surface area contributed by atoms with Crippen molar-refractivity contribution in [3.05, 3.63) is 36.5 Å². The van der Waals surface area contributed by atoms with Gasteiger partial charge in [0.2, 0.25) is 5.91 Å². The number of nitrogens with zero attached hydrogens (tertiary/aromatic N) is 1. The molecule has 0 atom stereocenters. The SMILES string of the molecule is CC(=O)Nc1cnc2[nH]c3ccccc3c2c1. The van der Waals surface area contributed by atoms with Gasteiger partial charge in [0.25, 0.3) is 0 Å². The lowest BCUT2D eigenvalue weighted by Gasteiger charge is -2.00. The van der Waals surface area contributed by atoms with Gasteiger partial charge in [-0.15, -0.1) is 0 Å². The van der Waals surface area contributed by atoms with Crippen LogP contribution < -0.4 is 5.32 Å². The second-order valence-electron chi connectivity index (χ2n) is 3.97. The standard InChI is InChI=1S/C13H11N3O/c1-8(17)15-9-6-11-10-4-2-3-5-12(10)16-13(11)14-7-9/h2-7H,1H3,(H,14,16)(H,15,17). The van der Waals surface area contributed by atoms with Crippen LogP contribution in [0.5, 0.6) is 0 Å². The third kappa shape index (κ3) is 1.63. The van der Waals surface area contributed by atoms with E-state index in [9.17, 15) is 4.79 Å². The van der Waals surface area contributed by atoms with Crippen LogP contribution in [-0.2, 0) is 4.79 Å². The molecule has 0 radical (unpaired) electrons. The van der Waals surface area contributed by atoms with Crippen LogP contribution in [0.4, 0.5) is 5.69 Å². The average Bonchev–Trinajstić information content (AvgIpc) is 2.66. The quantitative estimate of drug-likeness (QED) is 0.669. The number of hydrogen-bond donors (Lipinski definition) is 2. The fourth-order valence-electron chi connectivity index (χ4n) is 2.00. The van der Waals surface area contributed by atoms with Gasteiger partial charge >= 0.3 is 0 Å². The van der Waals surface area contributed by atoms with E-state index < -0.39 is 0 Å². The summed E-state index contributed by atoms with van der Waals surface area (Å²) >= 11 is 0. The van der Waals surface area contributed by atoms with Crippen LogP contribution in [0.3, 0.4) is 0 Å². The van der Waals surface area contributed by atoms with Gasteiger partial charge in [-0.25, -0.2) is 4.98 Å². The van der Waals surface area contributed by atoms with Crippen molar-refractivity contribution in [3.63, 3.8) is 0 Å². The monoisotopic (exact) mass is 225 g/mol. The fourth-order valence-corrected chi connectivity index (χ4v) is 2.00. The van der Waals surface area contributed by atoms with Crippen LogP contribution in [0, 0.1) is 0 Å². The molecule has 3 aromatic rings. The third-order valence-electron chi connectivity index (χ3n) is 2.68. The Bertz CT molecular complexity index is 715. The molecule has 84 valence electrons. The van der Waals surface area contributed by atoms with Crippen molar-refractivity contribution in [2.24, 2.45) is 0 Å². The van der Waals surface area contributed by atoms with Crippen molar-refractivity contribution in [3.8, 4) is 0 Å². The molecule has 4 nitrogen and oxygen atoms in total. The van der Waals surface area contributed by atoms with Crippen molar-refractivity contribution in [2.75, 3.05) is 5.32 Å². The Morgan fingerprint density at radius 1 is 1.29 bits per heavy atom.